The molecule has 4 N–H and O–H groups in total. The maximum Gasteiger partial charge on any atom is 0.291 e. The van der Waals surface area contributed by atoms with Gasteiger partial charge in [-0.1, -0.05) is 0 Å². The van der Waals surface area contributed by atoms with Crippen LogP contribution in [0.4, 0.5) is 11.5 Å². The van der Waals surface area contributed by atoms with E-state index in [0.717, 1.165) is 17.0 Å². The van der Waals surface area contributed by atoms with Crippen LogP contribution in [0.2, 0.25) is 0 Å². The molecule has 0 aliphatic heterocycles. The number of anilines is 2. The van der Waals surface area contributed by atoms with E-state index in [1.807, 2.05) is 25.1 Å². The minimum absolute atomic E-state index is 0.245. The average molecular weight is 260 g/mol. The maximum atomic E-state index is 11.5. The van der Waals surface area contributed by atoms with Gasteiger partial charge in [0.15, 0.2) is 5.82 Å². The van der Waals surface area contributed by atoms with Crippen molar-refractivity contribution in [2.24, 2.45) is 5.73 Å². The summed E-state index contributed by atoms with van der Waals surface area (Å²) in [6.07, 6.45) is 3.00. The number of hydrogen-bond donors (Lipinski definition) is 3. The number of nitrogens with one attached hydrogen (secondary N) is 2. The Morgan fingerprint density at radius 2 is 2.32 bits per heavy atom. The van der Waals surface area contributed by atoms with Crippen LogP contribution in [-0.2, 0) is 6.54 Å². The van der Waals surface area contributed by atoms with Crippen LogP contribution in [0.15, 0.2) is 35.4 Å². The minimum atomic E-state index is -0.273. The van der Waals surface area contributed by atoms with Crippen LogP contribution in [0.1, 0.15) is 12.5 Å². The van der Waals surface area contributed by atoms with Crippen molar-refractivity contribution in [2.45, 2.75) is 13.5 Å². The number of nitrogens with zero attached hydrogens (tertiary/aromatic N) is 1. The summed E-state index contributed by atoms with van der Waals surface area (Å²) in [7, 11) is 0. The summed E-state index contributed by atoms with van der Waals surface area (Å²) in [6.45, 7) is 2.86. The molecular formula is C13H16N4O2. The fourth-order valence-electron chi connectivity index (χ4n) is 1.69. The molecule has 1 heterocycles. The summed E-state index contributed by atoms with van der Waals surface area (Å²) < 4.78 is 5.47. The molecule has 0 atom stereocenters. The summed E-state index contributed by atoms with van der Waals surface area (Å²) in [4.78, 5) is 18.0. The number of benzene rings is 1. The quantitative estimate of drug-likeness (QED) is 0.755. The highest BCUT2D eigenvalue weighted by molar-refractivity contribution is 5.58. The summed E-state index contributed by atoms with van der Waals surface area (Å²) in [6, 6.07) is 5.49. The van der Waals surface area contributed by atoms with Crippen LogP contribution in [0.5, 0.6) is 5.75 Å². The third kappa shape index (κ3) is 3.11. The van der Waals surface area contributed by atoms with E-state index in [4.69, 9.17) is 10.5 Å². The van der Waals surface area contributed by atoms with Gasteiger partial charge in [0.2, 0.25) is 0 Å². The van der Waals surface area contributed by atoms with E-state index in [1.165, 1.54) is 12.4 Å². The minimum Gasteiger partial charge on any atom is -0.494 e. The lowest BCUT2D eigenvalue weighted by Gasteiger charge is -2.11. The van der Waals surface area contributed by atoms with E-state index in [0.29, 0.717) is 13.2 Å². The molecule has 2 aromatic rings. The highest BCUT2D eigenvalue weighted by atomic mass is 16.5. The van der Waals surface area contributed by atoms with Crippen molar-refractivity contribution >= 4 is 11.5 Å². The topological polar surface area (TPSA) is 93.0 Å². The summed E-state index contributed by atoms with van der Waals surface area (Å²) in [5.41, 5.74) is 7.03. The Morgan fingerprint density at radius 1 is 1.47 bits per heavy atom. The second kappa shape index (κ2) is 6.01. The molecule has 2 rings (SSSR count). The Hall–Kier alpha value is -2.34. The highest BCUT2D eigenvalue weighted by Crippen LogP contribution is 2.23. The molecule has 0 unspecified atom stereocenters. The predicted molar refractivity (Wildman–Crippen MR) is 73.6 cm³/mol. The molecule has 0 bridgehead atoms. The van der Waals surface area contributed by atoms with Crippen LogP contribution in [-0.4, -0.2) is 16.6 Å². The highest BCUT2D eigenvalue weighted by Gasteiger charge is 2.05. The molecule has 0 amide bonds. The van der Waals surface area contributed by atoms with E-state index >= 15 is 0 Å². The van der Waals surface area contributed by atoms with Crippen LogP contribution in [0, 0.1) is 0 Å². The Morgan fingerprint density at radius 3 is 3.00 bits per heavy atom. The molecule has 1 aromatic heterocycles. The first-order valence-corrected chi connectivity index (χ1v) is 6.01. The number of rotatable bonds is 5. The van der Waals surface area contributed by atoms with Crippen molar-refractivity contribution in [1.82, 2.24) is 9.97 Å². The molecule has 1 aromatic carbocycles. The van der Waals surface area contributed by atoms with E-state index in [1.54, 1.807) is 0 Å². The van der Waals surface area contributed by atoms with Gasteiger partial charge in [-0.2, -0.15) is 0 Å². The standard InChI is InChI=1S/C13H16N4O2/c1-2-19-11-4-3-10(7-9(11)8-14)17-12-13(18)16-6-5-15-12/h3-7H,2,8,14H2,1H3,(H,15,17)(H,16,18). The van der Waals surface area contributed by atoms with Crippen LogP contribution in [0.25, 0.3) is 0 Å². The third-order valence-corrected chi connectivity index (χ3v) is 2.55. The molecule has 0 aliphatic carbocycles. The molecule has 19 heavy (non-hydrogen) atoms. The molecule has 100 valence electrons. The average Bonchev–Trinajstić information content (AvgIpc) is 2.43. The van der Waals surface area contributed by atoms with Gasteiger partial charge in [-0.3, -0.25) is 4.79 Å². The van der Waals surface area contributed by atoms with E-state index in [9.17, 15) is 4.79 Å². The predicted octanol–water partition coefficient (Wildman–Crippen LogP) is 1.37. The van der Waals surface area contributed by atoms with Crippen LogP contribution in [0.3, 0.4) is 0 Å². The number of aromatic amines is 1. The normalized spacial score (nSPS) is 10.2. The molecule has 6 heteroatoms. The van der Waals surface area contributed by atoms with Crippen molar-refractivity contribution < 1.29 is 4.74 Å². The monoisotopic (exact) mass is 260 g/mol. The van der Waals surface area contributed by atoms with Gasteiger partial charge in [-0.05, 0) is 25.1 Å². The zero-order valence-electron chi connectivity index (χ0n) is 10.6. The van der Waals surface area contributed by atoms with Gasteiger partial charge in [-0.25, -0.2) is 4.98 Å². The second-order valence-corrected chi connectivity index (χ2v) is 3.85. The van der Waals surface area contributed by atoms with E-state index in [2.05, 4.69) is 15.3 Å². The Labute approximate surface area is 110 Å². The van der Waals surface area contributed by atoms with Crippen molar-refractivity contribution in [3.63, 3.8) is 0 Å². The lowest BCUT2D eigenvalue weighted by molar-refractivity contribution is 0.336. The fraction of sp³-hybridized carbons (Fsp3) is 0.231. The first kappa shape index (κ1) is 13.1. The number of hydrogen-bond acceptors (Lipinski definition) is 5. The molecule has 0 saturated carbocycles. The molecule has 0 spiro atoms. The molecular weight excluding hydrogens is 244 g/mol. The van der Waals surface area contributed by atoms with Gasteiger partial charge >= 0.3 is 0 Å². The van der Waals surface area contributed by atoms with Crippen molar-refractivity contribution in [3.8, 4) is 5.75 Å². The Balaban J connectivity index is 2.27. The smallest absolute Gasteiger partial charge is 0.291 e. The summed E-state index contributed by atoms with van der Waals surface area (Å²) in [5, 5.41) is 2.95. The zero-order chi connectivity index (χ0) is 13.7. The molecule has 0 radical (unpaired) electrons. The largest absolute Gasteiger partial charge is 0.494 e. The van der Waals surface area contributed by atoms with Gasteiger partial charge in [0.25, 0.3) is 5.56 Å². The summed E-state index contributed by atoms with van der Waals surface area (Å²) >= 11 is 0. The number of H-pyrrole nitrogens is 1. The Kier molecular flexibility index (Phi) is 4.15. The molecule has 0 fully saturated rings. The molecule has 0 aliphatic rings. The van der Waals surface area contributed by atoms with E-state index in [-0.39, 0.29) is 11.4 Å². The van der Waals surface area contributed by atoms with Crippen molar-refractivity contribution in [3.05, 3.63) is 46.5 Å². The SMILES string of the molecule is CCOc1ccc(Nc2ncc[nH]c2=O)cc1CN. The molecule has 0 saturated heterocycles. The van der Waals surface area contributed by atoms with Crippen molar-refractivity contribution in [2.75, 3.05) is 11.9 Å². The van der Waals surface area contributed by atoms with Gasteiger partial charge in [0.1, 0.15) is 5.75 Å². The fourth-order valence-corrected chi connectivity index (χ4v) is 1.69. The zero-order valence-corrected chi connectivity index (χ0v) is 10.6. The van der Waals surface area contributed by atoms with Crippen LogP contribution >= 0.6 is 0 Å². The first-order chi connectivity index (χ1) is 9.24. The van der Waals surface area contributed by atoms with Gasteiger partial charge in [0, 0.05) is 30.2 Å². The van der Waals surface area contributed by atoms with Gasteiger partial charge in [0.05, 0.1) is 6.61 Å². The summed E-state index contributed by atoms with van der Waals surface area (Å²) in [5.74, 6) is 1.00. The molecule has 6 nitrogen and oxygen atoms in total. The Bertz CT molecular complexity index is 610. The first-order valence-electron chi connectivity index (χ1n) is 6.01. The maximum absolute atomic E-state index is 11.5. The second-order valence-electron chi connectivity index (χ2n) is 3.85. The lowest BCUT2D eigenvalue weighted by Crippen LogP contribution is -2.12. The number of aromatic nitrogens is 2. The van der Waals surface area contributed by atoms with Crippen molar-refractivity contribution in [1.29, 1.82) is 0 Å². The van der Waals surface area contributed by atoms with E-state index < -0.39 is 0 Å². The number of nitrogens with two attached hydrogens (primary N) is 1. The lowest BCUT2D eigenvalue weighted by atomic mass is 10.1. The van der Waals surface area contributed by atoms with Gasteiger partial charge < -0.3 is 20.8 Å². The number of ether oxygens (including phenoxy) is 1. The van der Waals surface area contributed by atoms with Gasteiger partial charge in [-0.15, -0.1) is 0 Å². The third-order valence-electron chi connectivity index (χ3n) is 2.55. The van der Waals surface area contributed by atoms with Crippen LogP contribution < -0.4 is 21.3 Å².